The normalized spacial score (nSPS) is 32.1. The highest BCUT2D eigenvalue weighted by atomic mass is 16.8. The molecular weight excluding hydrogens is 328 g/mol. The predicted molar refractivity (Wildman–Crippen MR) is 72.2 cm³/mol. The Hall–Kier alpha value is -2.20. The summed E-state index contributed by atoms with van der Waals surface area (Å²) in [5.41, 5.74) is 0. The van der Waals surface area contributed by atoms with Crippen molar-refractivity contribution in [1.29, 1.82) is 0 Å². The van der Waals surface area contributed by atoms with Gasteiger partial charge in [-0.05, 0) is 0 Å². The lowest BCUT2D eigenvalue weighted by molar-refractivity contribution is -0.323. The first-order chi connectivity index (χ1) is 11.3. The van der Waals surface area contributed by atoms with Gasteiger partial charge in [0.2, 0.25) is 0 Å². The maximum absolute atomic E-state index is 11.5. The van der Waals surface area contributed by atoms with E-state index in [1.165, 1.54) is 6.92 Å². The van der Waals surface area contributed by atoms with Crippen LogP contribution < -0.4 is 0 Å². The lowest BCUT2D eigenvalue weighted by Crippen LogP contribution is -2.64. The largest absolute Gasteiger partial charge is 0.463 e. The average molecular weight is 346 g/mol. The molecule has 10 heteroatoms. The van der Waals surface area contributed by atoms with E-state index < -0.39 is 54.6 Å². The van der Waals surface area contributed by atoms with Gasteiger partial charge in [-0.15, -0.1) is 0 Å². The summed E-state index contributed by atoms with van der Waals surface area (Å²) in [6, 6.07) is 0. The number of rotatable bonds is 4. The number of carbonyl (C=O) groups excluding carboxylic acids is 4. The van der Waals surface area contributed by atoms with Gasteiger partial charge in [0, 0.05) is 20.8 Å². The Morgan fingerprint density at radius 1 is 1.04 bits per heavy atom. The molecule has 2 aliphatic heterocycles. The zero-order chi connectivity index (χ0) is 17.9. The van der Waals surface area contributed by atoms with E-state index in [1.54, 1.807) is 0 Å². The Morgan fingerprint density at radius 3 is 2.25 bits per heavy atom. The number of ether oxygens (including phenoxy) is 6. The molecule has 0 saturated carbocycles. The standard InChI is InChI=1S/C14H18O10/c1-6(15)19-4-9-11(21-7(2)16)12(22-8(3)17)13-14(23-9)20-5-10(18)24-13/h9,11-14H,4-5H2,1-3H3/t9-,11-,12+,13-,14+/m1/s1. The smallest absolute Gasteiger partial charge is 0.332 e. The van der Waals surface area contributed by atoms with Crippen LogP contribution in [0.5, 0.6) is 0 Å². The van der Waals surface area contributed by atoms with Crippen molar-refractivity contribution in [3.63, 3.8) is 0 Å². The summed E-state index contributed by atoms with van der Waals surface area (Å²) in [5.74, 6) is -2.58. The summed E-state index contributed by atoms with van der Waals surface area (Å²) >= 11 is 0. The molecule has 2 aliphatic rings. The van der Waals surface area contributed by atoms with E-state index in [4.69, 9.17) is 28.4 Å². The summed E-state index contributed by atoms with van der Waals surface area (Å²) in [7, 11) is 0. The average Bonchev–Trinajstić information content (AvgIpc) is 2.47. The molecule has 0 spiro atoms. The second kappa shape index (κ2) is 7.58. The van der Waals surface area contributed by atoms with Crippen molar-refractivity contribution in [3.8, 4) is 0 Å². The Balaban J connectivity index is 2.27. The van der Waals surface area contributed by atoms with Crippen LogP contribution in [0.2, 0.25) is 0 Å². The van der Waals surface area contributed by atoms with Crippen molar-refractivity contribution in [2.24, 2.45) is 0 Å². The molecule has 0 unspecified atom stereocenters. The first kappa shape index (κ1) is 18.1. The molecule has 2 fully saturated rings. The fraction of sp³-hybridized carbons (Fsp3) is 0.714. The molecule has 2 rings (SSSR count). The molecule has 5 atom stereocenters. The molecule has 134 valence electrons. The lowest BCUT2D eigenvalue weighted by Gasteiger charge is -2.45. The summed E-state index contributed by atoms with van der Waals surface area (Å²) in [6.45, 7) is 2.91. The third kappa shape index (κ3) is 4.42. The first-order valence-corrected chi connectivity index (χ1v) is 7.22. The molecule has 0 aromatic heterocycles. The zero-order valence-electron chi connectivity index (χ0n) is 13.4. The van der Waals surface area contributed by atoms with E-state index >= 15 is 0 Å². The third-order valence-electron chi connectivity index (χ3n) is 3.28. The number of esters is 4. The monoisotopic (exact) mass is 346 g/mol. The van der Waals surface area contributed by atoms with E-state index in [1.807, 2.05) is 0 Å². The van der Waals surface area contributed by atoms with Gasteiger partial charge in [-0.25, -0.2) is 4.79 Å². The van der Waals surface area contributed by atoms with Crippen LogP contribution in [0, 0.1) is 0 Å². The number of carbonyl (C=O) groups is 4. The van der Waals surface area contributed by atoms with Gasteiger partial charge in [0.25, 0.3) is 0 Å². The van der Waals surface area contributed by atoms with Crippen molar-refractivity contribution in [3.05, 3.63) is 0 Å². The Bertz CT molecular complexity index is 530. The summed E-state index contributed by atoms with van der Waals surface area (Å²) in [6.07, 6.45) is -5.40. The minimum Gasteiger partial charge on any atom is -0.463 e. The molecule has 10 nitrogen and oxygen atoms in total. The third-order valence-corrected chi connectivity index (χ3v) is 3.28. The molecule has 0 radical (unpaired) electrons. The highest BCUT2D eigenvalue weighted by Crippen LogP contribution is 2.31. The van der Waals surface area contributed by atoms with Crippen LogP contribution in [0.25, 0.3) is 0 Å². The summed E-state index contributed by atoms with van der Waals surface area (Å²) < 4.78 is 31.1. The van der Waals surface area contributed by atoms with Gasteiger partial charge in [-0.2, -0.15) is 0 Å². The van der Waals surface area contributed by atoms with E-state index in [2.05, 4.69) is 0 Å². The fourth-order valence-electron chi connectivity index (χ4n) is 2.47. The molecule has 0 amide bonds. The quantitative estimate of drug-likeness (QED) is 0.466. The number of hydrogen-bond donors (Lipinski definition) is 0. The highest BCUT2D eigenvalue weighted by molar-refractivity contribution is 5.72. The van der Waals surface area contributed by atoms with Gasteiger partial charge in [0.05, 0.1) is 0 Å². The fourth-order valence-corrected chi connectivity index (χ4v) is 2.47. The molecule has 0 bridgehead atoms. The minimum atomic E-state index is -1.16. The van der Waals surface area contributed by atoms with Crippen LogP contribution in [0.15, 0.2) is 0 Å². The summed E-state index contributed by atoms with van der Waals surface area (Å²) in [4.78, 5) is 45.3. The van der Waals surface area contributed by atoms with Crippen LogP contribution in [-0.4, -0.2) is 67.8 Å². The second-order valence-corrected chi connectivity index (χ2v) is 5.26. The van der Waals surface area contributed by atoms with Crippen molar-refractivity contribution in [2.45, 2.75) is 51.5 Å². The molecule has 0 aromatic carbocycles. The SMILES string of the molecule is CC(=O)OC[C@H]1O[C@@H]2OCC(=O)O[C@@H]2[C@@H](OC(C)=O)[C@@H]1OC(C)=O. The van der Waals surface area contributed by atoms with Crippen LogP contribution in [-0.2, 0) is 47.6 Å². The predicted octanol–water partition coefficient (Wildman–Crippen LogP) is -0.920. The van der Waals surface area contributed by atoms with Gasteiger partial charge < -0.3 is 28.4 Å². The van der Waals surface area contributed by atoms with Gasteiger partial charge in [0.1, 0.15) is 19.3 Å². The Labute approximate surface area is 137 Å². The maximum Gasteiger partial charge on any atom is 0.332 e. The van der Waals surface area contributed by atoms with E-state index in [0.29, 0.717) is 0 Å². The number of hydrogen-bond acceptors (Lipinski definition) is 10. The molecule has 2 saturated heterocycles. The molecular formula is C14H18O10. The van der Waals surface area contributed by atoms with E-state index in [-0.39, 0.29) is 13.2 Å². The first-order valence-electron chi connectivity index (χ1n) is 7.22. The van der Waals surface area contributed by atoms with Gasteiger partial charge >= 0.3 is 23.9 Å². The molecule has 0 N–H and O–H groups in total. The van der Waals surface area contributed by atoms with Crippen LogP contribution >= 0.6 is 0 Å². The van der Waals surface area contributed by atoms with Crippen molar-refractivity contribution >= 4 is 23.9 Å². The number of fused-ring (bicyclic) bond motifs is 1. The molecule has 0 aromatic rings. The Kier molecular flexibility index (Phi) is 5.73. The van der Waals surface area contributed by atoms with Gasteiger partial charge in [0.15, 0.2) is 24.6 Å². The van der Waals surface area contributed by atoms with Crippen molar-refractivity contribution < 1.29 is 47.6 Å². The zero-order valence-corrected chi connectivity index (χ0v) is 13.4. The van der Waals surface area contributed by atoms with Gasteiger partial charge in [-0.3, -0.25) is 14.4 Å². The highest BCUT2D eigenvalue weighted by Gasteiger charge is 2.54. The summed E-state index contributed by atoms with van der Waals surface area (Å²) in [5, 5.41) is 0. The van der Waals surface area contributed by atoms with E-state index in [0.717, 1.165) is 13.8 Å². The van der Waals surface area contributed by atoms with Crippen LogP contribution in [0.4, 0.5) is 0 Å². The lowest BCUT2D eigenvalue weighted by atomic mass is 9.98. The van der Waals surface area contributed by atoms with Crippen molar-refractivity contribution in [1.82, 2.24) is 0 Å². The molecule has 2 heterocycles. The topological polar surface area (TPSA) is 124 Å². The molecule has 24 heavy (non-hydrogen) atoms. The molecule has 0 aliphatic carbocycles. The maximum atomic E-state index is 11.5. The van der Waals surface area contributed by atoms with Crippen LogP contribution in [0.3, 0.4) is 0 Å². The van der Waals surface area contributed by atoms with Gasteiger partial charge in [-0.1, -0.05) is 0 Å². The Morgan fingerprint density at radius 2 is 1.67 bits per heavy atom. The second-order valence-electron chi connectivity index (χ2n) is 5.26. The van der Waals surface area contributed by atoms with E-state index in [9.17, 15) is 19.2 Å². The van der Waals surface area contributed by atoms with Crippen molar-refractivity contribution in [2.75, 3.05) is 13.2 Å². The van der Waals surface area contributed by atoms with Crippen LogP contribution in [0.1, 0.15) is 20.8 Å². The minimum absolute atomic E-state index is 0.258.